The van der Waals surface area contributed by atoms with Crippen LogP contribution in [-0.2, 0) is 15.9 Å². The maximum absolute atomic E-state index is 15.4. The summed E-state index contributed by atoms with van der Waals surface area (Å²) in [5.74, 6) is -0.516. The number of aromatic nitrogens is 4. The Kier molecular flexibility index (Phi) is 5.19. The second-order valence-corrected chi connectivity index (χ2v) is 11.0. The molecule has 36 heavy (non-hydrogen) atoms. The molecule has 1 aromatic carbocycles. The molecule has 8 nitrogen and oxygen atoms in total. The number of anilines is 2. The highest BCUT2D eigenvalue weighted by Gasteiger charge is 2.59. The lowest BCUT2D eigenvalue weighted by atomic mass is 9.80. The predicted octanol–water partition coefficient (Wildman–Crippen LogP) is 5.04. The van der Waals surface area contributed by atoms with Gasteiger partial charge in [0.25, 0.3) is 0 Å². The maximum atomic E-state index is 15.4. The fourth-order valence-electron chi connectivity index (χ4n) is 5.93. The van der Waals surface area contributed by atoms with E-state index in [1.807, 2.05) is 32.2 Å². The second-order valence-electron chi connectivity index (χ2n) is 10.6. The van der Waals surface area contributed by atoms with Crippen molar-refractivity contribution in [3.05, 3.63) is 53.2 Å². The summed E-state index contributed by atoms with van der Waals surface area (Å²) in [4.78, 5) is 12.8. The molecule has 2 fully saturated rings. The van der Waals surface area contributed by atoms with E-state index in [1.54, 1.807) is 12.1 Å². The van der Waals surface area contributed by atoms with Crippen LogP contribution in [0.3, 0.4) is 0 Å². The molecule has 6 rings (SSSR count). The molecule has 3 aromatic heterocycles. The average molecular weight is 511 g/mol. The molecule has 188 valence electrons. The zero-order valence-corrected chi connectivity index (χ0v) is 21.1. The number of rotatable bonds is 4. The molecule has 4 aromatic rings. The van der Waals surface area contributed by atoms with Crippen LogP contribution in [0, 0.1) is 11.2 Å². The van der Waals surface area contributed by atoms with Crippen LogP contribution >= 0.6 is 11.6 Å². The lowest BCUT2D eigenvalue weighted by molar-refractivity contribution is -0.168. The molecular weight excluding hydrogens is 483 g/mol. The van der Waals surface area contributed by atoms with E-state index >= 15 is 4.39 Å². The third-order valence-corrected chi connectivity index (χ3v) is 8.02. The van der Waals surface area contributed by atoms with Crippen molar-refractivity contribution in [2.75, 3.05) is 11.5 Å². The smallest absolute Gasteiger partial charge is 0.163 e. The molecular formula is C26H28ClFN6O2. The van der Waals surface area contributed by atoms with Gasteiger partial charge >= 0.3 is 0 Å². The van der Waals surface area contributed by atoms with Crippen LogP contribution < -0.4 is 11.5 Å². The predicted molar refractivity (Wildman–Crippen MR) is 137 cm³/mol. The van der Waals surface area contributed by atoms with Crippen molar-refractivity contribution in [3.63, 3.8) is 0 Å². The highest BCUT2D eigenvalue weighted by Crippen LogP contribution is 2.55. The Morgan fingerprint density at radius 2 is 1.94 bits per heavy atom. The topological polar surface area (TPSA) is 114 Å². The first-order valence-electron chi connectivity index (χ1n) is 12.0. The van der Waals surface area contributed by atoms with Crippen LogP contribution in [0.1, 0.15) is 45.2 Å². The normalized spacial score (nSPS) is 27.2. The first-order chi connectivity index (χ1) is 17.1. The van der Waals surface area contributed by atoms with E-state index in [2.05, 4.69) is 26.4 Å². The number of hydrogen-bond acceptors (Lipinski definition) is 7. The Hall–Kier alpha value is -3.01. The monoisotopic (exact) mass is 510 g/mol. The van der Waals surface area contributed by atoms with Gasteiger partial charge in [0.05, 0.1) is 22.6 Å². The SMILES string of the molecule is CC1(C)O[C@H]2[C@H](n3ccc4c(N)ncnc43)C[C@](C)(CCc3ccc4cc(Cl)c(N)nc4c3F)[C@H]2O1. The highest BCUT2D eigenvalue weighted by atomic mass is 35.5. The van der Waals surface area contributed by atoms with E-state index < -0.39 is 5.79 Å². The van der Waals surface area contributed by atoms with Crippen LogP contribution in [0.15, 0.2) is 36.8 Å². The number of fused-ring (bicyclic) bond motifs is 3. The summed E-state index contributed by atoms with van der Waals surface area (Å²) >= 11 is 6.07. The third-order valence-electron chi connectivity index (χ3n) is 7.72. The van der Waals surface area contributed by atoms with Gasteiger partial charge < -0.3 is 25.5 Å². The van der Waals surface area contributed by atoms with Crippen molar-refractivity contribution >= 4 is 45.2 Å². The third kappa shape index (κ3) is 3.60. The zero-order valence-electron chi connectivity index (χ0n) is 20.3. The van der Waals surface area contributed by atoms with Gasteiger partial charge in [0.15, 0.2) is 11.6 Å². The van der Waals surface area contributed by atoms with Crippen LogP contribution in [0.2, 0.25) is 5.02 Å². The largest absolute Gasteiger partial charge is 0.383 e. The summed E-state index contributed by atoms with van der Waals surface area (Å²) in [6, 6.07) is 7.20. The van der Waals surface area contributed by atoms with Crippen LogP contribution in [0.4, 0.5) is 16.0 Å². The summed E-state index contributed by atoms with van der Waals surface area (Å²) in [6.07, 6.45) is 5.12. The molecule has 1 saturated carbocycles. The zero-order chi connectivity index (χ0) is 25.4. The number of nitrogens with zero attached hydrogens (tertiary/aromatic N) is 4. The number of aryl methyl sites for hydroxylation is 1. The van der Waals surface area contributed by atoms with Crippen molar-refractivity contribution < 1.29 is 13.9 Å². The maximum Gasteiger partial charge on any atom is 0.163 e. The summed E-state index contributed by atoms with van der Waals surface area (Å²) in [5.41, 5.74) is 13.2. The lowest BCUT2D eigenvalue weighted by Crippen LogP contribution is -2.34. The number of nitrogen functional groups attached to an aromatic ring is 2. The molecule has 1 aliphatic heterocycles. The minimum atomic E-state index is -0.721. The minimum absolute atomic E-state index is 0.0152. The Labute approximate surface area is 212 Å². The molecule has 4 atom stereocenters. The molecule has 2 aliphatic rings. The quantitative estimate of drug-likeness (QED) is 0.395. The summed E-state index contributed by atoms with van der Waals surface area (Å²) in [6.45, 7) is 6.06. The first kappa shape index (κ1) is 23.4. The fourth-order valence-corrected chi connectivity index (χ4v) is 6.09. The van der Waals surface area contributed by atoms with Gasteiger partial charge in [-0.25, -0.2) is 19.3 Å². The van der Waals surface area contributed by atoms with E-state index in [0.29, 0.717) is 34.6 Å². The van der Waals surface area contributed by atoms with Crippen molar-refractivity contribution in [1.82, 2.24) is 19.5 Å². The number of nitrogens with two attached hydrogens (primary N) is 2. The average Bonchev–Trinajstić information content (AvgIpc) is 3.47. The fraction of sp³-hybridized carbons (Fsp3) is 0.423. The number of benzene rings is 1. The summed E-state index contributed by atoms with van der Waals surface area (Å²) in [5, 5.41) is 1.75. The van der Waals surface area contributed by atoms with Gasteiger partial charge in [-0.1, -0.05) is 30.7 Å². The second kappa shape index (κ2) is 7.99. The minimum Gasteiger partial charge on any atom is -0.383 e. The van der Waals surface area contributed by atoms with Crippen LogP contribution in [-0.4, -0.2) is 37.5 Å². The molecule has 0 spiro atoms. The van der Waals surface area contributed by atoms with E-state index in [4.69, 9.17) is 32.5 Å². The van der Waals surface area contributed by atoms with Gasteiger partial charge in [0.1, 0.15) is 35.2 Å². The van der Waals surface area contributed by atoms with Crippen molar-refractivity contribution in [2.24, 2.45) is 5.41 Å². The molecule has 4 heterocycles. The molecule has 4 N–H and O–H groups in total. The van der Waals surface area contributed by atoms with E-state index in [9.17, 15) is 0 Å². The molecule has 0 unspecified atom stereocenters. The number of halogens is 2. The standard InChI is InChI=1S/C26H28ClFN6O2/c1-25(2)35-20-17(34-9-7-15-22(29)31-12-32-24(15)34)11-26(3,21(20)36-25)8-6-13-4-5-14-10-16(27)23(30)33-19(14)18(13)28/h4-5,7,9-10,12,17,20-21H,6,8,11H2,1-3H3,(H2,30,33)(H2,29,31,32)/t17-,20+,21+,26+/m1/s1. The van der Waals surface area contributed by atoms with Gasteiger partial charge in [-0.15, -0.1) is 0 Å². The van der Waals surface area contributed by atoms with Gasteiger partial charge in [-0.2, -0.15) is 0 Å². The molecule has 1 aliphatic carbocycles. The van der Waals surface area contributed by atoms with Crippen molar-refractivity contribution in [3.8, 4) is 0 Å². The summed E-state index contributed by atoms with van der Waals surface area (Å²) < 4.78 is 30.4. The number of hydrogen-bond donors (Lipinski definition) is 2. The molecule has 10 heteroatoms. The van der Waals surface area contributed by atoms with Crippen LogP contribution in [0.5, 0.6) is 0 Å². The lowest BCUT2D eigenvalue weighted by Gasteiger charge is -2.32. The molecule has 0 bridgehead atoms. The highest BCUT2D eigenvalue weighted by molar-refractivity contribution is 6.33. The van der Waals surface area contributed by atoms with E-state index in [0.717, 1.165) is 17.5 Å². The summed E-state index contributed by atoms with van der Waals surface area (Å²) in [7, 11) is 0. The van der Waals surface area contributed by atoms with Gasteiger partial charge in [0, 0.05) is 11.6 Å². The van der Waals surface area contributed by atoms with Gasteiger partial charge in [-0.05, 0) is 56.2 Å². The van der Waals surface area contributed by atoms with Crippen LogP contribution in [0.25, 0.3) is 21.9 Å². The van der Waals surface area contributed by atoms with E-state index in [-0.39, 0.29) is 40.8 Å². The Balaban J connectivity index is 1.33. The Bertz CT molecular complexity index is 1510. The Morgan fingerprint density at radius 1 is 1.14 bits per heavy atom. The number of pyridine rings is 1. The van der Waals surface area contributed by atoms with Crippen molar-refractivity contribution in [1.29, 1.82) is 0 Å². The van der Waals surface area contributed by atoms with Gasteiger partial charge in [0.2, 0.25) is 0 Å². The first-order valence-corrected chi connectivity index (χ1v) is 12.4. The Morgan fingerprint density at radius 3 is 2.75 bits per heavy atom. The van der Waals surface area contributed by atoms with Gasteiger partial charge in [-0.3, -0.25) is 0 Å². The molecule has 0 amide bonds. The molecule has 1 saturated heterocycles. The molecule has 0 radical (unpaired) electrons. The van der Waals surface area contributed by atoms with E-state index in [1.165, 1.54) is 6.33 Å². The van der Waals surface area contributed by atoms with Crippen molar-refractivity contribution in [2.45, 2.75) is 64.1 Å². The number of ether oxygens (including phenoxy) is 2.